The molecule has 10 heteroatoms. The van der Waals surface area contributed by atoms with E-state index in [1.54, 1.807) is 18.3 Å². The number of carbonyl (C=O) groups excluding carboxylic acids is 1. The van der Waals surface area contributed by atoms with Crippen LogP contribution in [0.1, 0.15) is 41.6 Å². The first kappa shape index (κ1) is 24.5. The maximum Gasteiger partial charge on any atom is 0.389 e. The van der Waals surface area contributed by atoms with Gasteiger partial charge in [-0.05, 0) is 42.7 Å². The fourth-order valence-corrected chi connectivity index (χ4v) is 4.39. The lowest BCUT2D eigenvalue weighted by Gasteiger charge is -2.31. The Balaban J connectivity index is 1.73. The Morgan fingerprint density at radius 1 is 1.20 bits per heavy atom. The summed E-state index contributed by atoms with van der Waals surface area (Å²) in [5, 5.41) is 9.87. The molecule has 0 bridgehead atoms. The van der Waals surface area contributed by atoms with Crippen molar-refractivity contribution in [1.29, 1.82) is 5.26 Å². The molecule has 7 nitrogen and oxygen atoms in total. The van der Waals surface area contributed by atoms with Gasteiger partial charge in [0, 0.05) is 31.4 Å². The average molecular weight is 487 g/mol. The first-order valence-electron chi connectivity index (χ1n) is 11.0. The zero-order chi connectivity index (χ0) is 25.2. The summed E-state index contributed by atoms with van der Waals surface area (Å²) in [6.07, 6.45) is -1.72. The number of Topliss-reactive ketones (excluding diaryl/α,β-unsaturated/α-hetero) is 1. The van der Waals surface area contributed by atoms with E-state index < -0.39 is 30.2 Å². The summed E-state index contributed by atoms with van der Waals surface area (Å²) in [6.45, 7) is 1.04. The van der Waals surface area contributed by atoms with Crippen LogP contribution in [0.4, 0.5) is 13.2 Å². The Hall–Kier alpha value is -3.58. The number of hydrogen-bond acceptors (Lipinski definition) is 6. The Morgan fingerprint density at radius 2 is 1.86 bits per heavy atom. The number of ether oxygens (including phenoxy) is 3. The smallest absolute Gasteiger partial charge is 0.389 e. The lowest BCUT2D eigenvalue weighted by atomic mass is 9.76. The Kier molecular flexibility index (Phi) is 6.72. The van der Waals surface area contributed by atoms with Crippen LogP contribution in [0, 0.1) is 11.3 Å². The highest BCUT2D eigenvalue weighted by molar-refractivity contribution is 6.02. The van der Waals surface area contributed by atoms with E-state index in [4.69, 9.17) is 14.2 Å². The quantitative estimate of drug-likeness (QED) is 0.430. The summed E-state index contributed by atoms with van der Waals surface area (Å²) in [5.74, 6) is -0.490. The molecule has 1 aliphatic rings. The summed E-state index contributed by atoms with van der Waals surface area (Å²) in [6, 6.07) is 9.37. The predicted molar refractivity (Wildman–Crippen MR) is 121 cm³/mol. The van der Waals surface area contributed by atoms with Gasteiger partial charge in [0.1, 0.15) is 22.7 Å². The molecule has 0 unspecified atom stereocenters. The van der Waals surface area contributed by atoms with E-state index in [9.17, 15) is 23.2 Å². The fourth-order valence-electron chi connectivity index (χ4n) is 4.39. The van der Waals surface area contributed by atoms with Gasteiger partial charge in [-0.2, -0.15) is 18.4 Å². The second-order valence-corrected chi connectivity index (χ2v) is 8.39. The molecule has 0 spiro atoms. The Bertz CT molecular complexity index is 1260. The van der Waals surface area contributed by atoms with Crippen molar-refractivity contribution >= 4 is 11.4 Å². The summed E-state index contributed by atoms with van der Waals surface area (Å²) in [7, 11) is 2.68. The molecule has 0 N–H and O–H groups in total. The van der Waals surface area contributed by atoms with Gasteiger partial charge in [0.15, 0.2) is 5.78 Å². The van der Waals surface area contributed by atoms with Gasteiger partial charge < -0.3 is 14.2 Å². The van der Waals surface area contributed by atoms with Gasteiger partial charge in [-0.1, -0.05) is 0 Å². The standard InChI is InChI=1S/C25H24F3N3O4/c1-33-20-11-16(12-21(34-2)23(20)19(32)3-5-25(26,27)28)18-14-30-22-13-17(4-8-31(18)22)24(15-29)6-9-35-10-7-24/h4,8,11-14H,3,5-7,9-10H2,1-2H3. The number of aromatic nitrogens is 2. The normalized spacial score (nSPS) is 15.5. The molecule has 2 aromatic heterocycles. The highest BCUT2D eigenvalue weighted by atomic mass is 19.4. The van der Waals surface area contributed by atoms with E-state index in [-0.39, 0.29) is 17.1 Å². The molecule has 184 valence electrons. The van der Waals surface area contributed by atoms with Gasteiger partial charge in [0.25, 0.3) is 0 Å². The molecule has 0 amide bonds. The summed E-state index contributed by atoms with van der Waals surface area (Å²) < 4.78 is 55.9. The summed E-state index contributed by atoms with van der Waals surface area (Å²) >= 11 is 0. The molecule has 3 aromatic rings. The van der Waals surface area contributed by atoms with E-state index in [0.717, 1.165) is 5.56 Å². The number of benzene rings is 1. The summed E-state index contributed by atoms with van der Waals surface area (Å²) in [5.41, 5.74) is 2.10. The minimum absolute atomic E-state index is 0.0328. The number of nitriles is 1. The van der Waals surface area contributed by atoms with Crippen LogP contribution in [0.2, 0.25) is 0 Å². The molecule has 1 aliphatic heterocycles. The van der Waals surface area contributed by atoms with E-state index in [1.165, 1.54) is 14.2 Å². The number of imidazole rings is 1. The number of ketones is 1. The zero-order valence-corrected chi connectivity index (χ0v) is 19.3. The molecule has 35 heavy (non-hydrogen) atoms. The zero-order valence-electron chi connectivity index (χ0n) is 19.3. The third-order valence-corrected chi connectivity index (χ3v) is 6.34. The van der Waals surface area contributed by atoms with Gasteiger partial charge in [-0.25, -0.2) is 4.98 Å². The van der Waals surface area contributed by atoms with Crippen molar-refractivity contribution in [2.24, 2.45) is 0 Å². The van der Waals surface area contributed by atoms with Gasteiger partial charge in [0.05, 0.1) is 44.0 Å². The molecule has 1 saturated heterocycles. The first-order valence-corrected chi connectivity index (χ1v) is 11.0. The number of alkyl halides is 3. The van der Waals surface area contributed by atoms with E-state index in [1.807, 2.05) is 22.7 Å². The van der Waals surface area contributed by atoms with Crippen molar-refractivity contribution in [3.05, 3.63) is 47.8 Å². The molecule has 0 saturated carbocycles. The van der Waals surface area contributed by atoms with Gasteiger partial charge in [0.2, 0.25) is 0 Å². The molecule has 1 fully saturated rings. The molecule has 1 aromatic carbocycles. The third-order valence-electron chi connectivity index (χ3n) is 6.34. The van der Waals surface area contributed by atoms with Gasteiger partial charge in [-0.15, -0.1) is 0 Å². The predicted octanol–water partition coefficient (Wildman–Crippen LogP) is 5.12. The summed E-state index contributed by atoms with van der Waals surface area (Å²) in [4.78, 5) is 17.1. The second kappa shape index (κ2) is 9.58. The number of pyridine rings is 1. The molecule has 3 heterocycles. The van der Waals surface area contributed by atoms with Crippen LogP contribution in [-0.4, -0.2) is 48.8 Å². The fraction of sp³-hybridized carbons (Fsp3) is 0.400. The highest BCUT2D eigenvalue weighted by Gasteiger charge is 2.35. The first-order chi connectivity index (χ1) is 16.7. The molecule has 4 rings (SSSR count). The van der Waals surface area contributed by atoms with Gasteiger partial charge in [-0.3, -0.25) is 9.20 Å². The van der Waals surface area contributed by atoms with Crippen molar-refractivity contribution in [1.82, 2.24) is 9.38 Å². The topological polar surface area (TPSA) is 85.8 Å². The maximum absolute atomic E-state index is 12.6. The molecule has 0 atom stereocenters. The van der Waals surface area contributed by atoms with Crippen LogP contribution in [0.15, 0.2) is 36.7 Å². The van der Waals surface area contributed by atoms with Crippen LogP contribution < -0.4 is 9.47 Å². The van der Waals surface area contributed by atoms with Crippen LogP contribution in [0.3, 0.4) is 0 Å². The highest BCUT2D eigenvalue weighted by Crippen LogP contribution is 2.38. The number of methoxy groups -OCH3 is 2. The Labute approximate surface area is 200 Å². The van der Waals surface area contributed by atoms with Crippen molar-refractivity contribution in [2.75, 3.05) is 27.4 Å². The number of rotatable bonds is 7. The molecular weight excluding hydrogens is 463 g/mol. The molecular formula is C25H24F3N3O4. The molecule has 0 aliphatic carbocycles. The number of fused-ring (bicyclic) bond motifs is 1. The van der Waals surface area contributed by atoms with Gasteiger partial charge >= 0.3 is 6.18 Å². The lowest BCUT2D eigenvalue weighted by molar-refractivity contribution is -0.133. The van der Waals surface area contributed by atoms with Crippen LogP contribution in [-0.2, 0) is 10.2 Å². The van der Waals surface area contributed by atoms with Crippen LogP contribution in [0.25, 0.3) is 16.9 Å². The molecule has 0 radical (unpaired) electrons. The van der Waals surface area contributed by atoms with Crippen LogP contribution in [0.5, 0.6) is 11.5 Å². The maximum atomic E-state index is 12.6. The van der Waals surface area contributed by atoms with Crippen molar-refractivity contribution in [3.63, 3.8) is 0 Å². The van der Waals surface area contributed by atoms with Crippen molar-refractivity contribution in [2.45, 2.75) is 37.3 Å². The van der Waals surface area contributed by atoms with E-state index in [2.05, 4.69) is 11.1 Å². The van der Waals surface area contributed by atoms with E-state index >= 15 is 0 Å². The lowest BCUT2D eigenvalue weighted by Crippen LogP contribution is -2.32. The number of hydrogen-bond donors (Lipinski definition) is 0. The largest absolute Gasteiger partial charge is 0.496 e. The number of halogens is 3. The van der Waals surface area contributed by atoms with Crippen molar-refractivity contribution in [3.8, 4) is 28.8 Å². The number of nitrogens with zero attached hydrogens (tertiary/aromatic N) is 3. The minimum Gasteiger partial charge on any atom is -0.496 e. The SMILES string of the molecule is COc1cc(-c2cnc3cc(C4(C#N)CCOCC4)ccn23)cc(OC)c1C(=O)CCC(F)(F)F. The number of carbonyl (C=O) groups is 1. The van der Waals surface area contributed by atoms with Crippen LogP contribution >= 0.6 is 0 Å². The second-order valence-electron chi connectivity index (χ2n) is 8.39. The monoisotopic (exact) mass is 487 g/mol. The minimum atomic E-state index is -4.44. The average Bonchev–Trinajstić information content (AvgIpc) is 3.29. The Morgan fingerprint density at radius 3 is 2.43 bits per heavy atom. The third kappa shape index (κ3) is 4.82. The van der Waals surface area contributed by atoms with E-state index in [0.29, 0.717) is 43.0 Å². The van der Waals surface area contributed by atoms with Crippen molar-refractivity contribution < 1.29 is 32.2 Å².